The number of carbonyl (C=O) groups excluding carboxylic acids is 1. The third-order valence-electron chi connectivity index (χ3n) is 2.87. The zero-order valence-electron chi connectivity index (χ0n) is 12.8. The zero-order chi connectivity index (χ0) is 15.1. The fraction of sp³-hybridized carbons (Fsp3) is 0.562. The summed E-state index contributed by atoms with van der Waals surface area (Å²) in [5.41, 5.74) is 6.86. The molecule has 0 spiro atoms. The number of nitrogens with two attached hydrogens (primary N) is 1. The van der Waals surface area contributed by atoms with Crippen LogP contribution in [-0.2, 0) is 11.2 Å². The number of amides is 1. The summed E-state index contributed by atoms with van der Waals surface area (Å²) in [4.78, 5) is 11.9. The summed E-state index contributed by atoms with van der Waals surface area (Å²) in [7, 11) is 0. The Bertz CT molecular complexity index is 430. The molecule has 0 aromatic heterocycles. The van der Waals surface area contributed by atoms with E-state index in [-0.39, 0.29) is 11.9 Å². The molecule has 2 unspecified atom stereocenters. The monoisotopic (exact) mass is 278 g/mol. The van der Waals surface area contributed by atoms with Crippen LogP contribution in [0.2, 0.25) is 0 Å². The zero-order valence-corrected chi connectivity index (χ0v) is 12.8. The number of nitrogens with one attached hydrogen (secondary N) is 1. The van der Waals surface area contributed by atoms with Crippen LogP contribution in [0.5, 0.6) is 5.75 Å². The summed E-state index contributed by atoms with van der Waals surface area (Å²) >= 11 is 0. The normalized spacial score (nSPS) is 13.9. The fourth-order valence-electron chi connectivity index (χ4n) is 1.83. The Morgan fingerprint density at radius 3 is 2.50 bits per heavy atom. The second-order valence-corrected chi connectivity index (χ2v) is 5.69. The molecule has 0 aliphatic carbocycles. The van der Waals surface area contributed by atoms with Gasteiger partial charge in [-0.15, -0.1) is 0 Å². The molecule has 4 heteroatoms. The first-order valence-corrected chi connectivity index (χ1v) is 7.18. The van der Waals surface area contributed by atoms with E-state index in [1.807, 2.05) is 31.2 Å². The van der Waals surface area contributed by atoms with Gasteiger partial charge in [0.25, 0.3) is 5.91 Å². The molecule has 1 amide bonds. The van der Waals surface area contributed by atoms with Crippen molar-refractivity contribution >= 4 is 5.91 Å². The molecule has 1 aromatic carbocycles. The number of rotatable bonds is 7. The molecule has 112 valence electrons. The van der Waals surface area contributed by atoms with E-state index in [1.54, 1.807) is 6.92 Å². The minimum Gasteiger partial charge on any atom is -0.481 e. The van der Waals surface area contributed by atoms with E-state index in [2.05, 4.69) is 19.2 Å². The molecule has 0 heterocycles. The summed E-state index contributed by atoms with van der Waals surface area (Å²) in [5.74, 6) is 1.07. The Labute approximate surface area is 121 Å². The van der Waals surface area contributed by atoms with Crippen molar-refractivity contribution in [2.24, 2.45) is 11.7 Å². The Kier molecular flexibility index (Phi) is 6.52. The number of hydrogen-bond acceptors (Lipinski definition) is 3. The Morgan fingerprint density at radius 2 is 1.90 bits per heavy atom. The van der Waals surface area contributed by atoms with Gasteiger partial charge in [0.15, 0.2) is 6.10 Å². The first kappa shape index (κ1) is 16.5. The van der Waals surface area contributed by atoms with E-state index in [4.69, 9.17) is 10.5 Å². The van der Waals surface area contributed by atoms with Crippen LogP contribution >= 0.6 is 0 Å². The summed E-state index contributed by atoms with van der Waals surface area (Å²) < 4.78 is 5.77. The molecule has 0 aliphatic heterocycles. The van der Waals surface area contributed by atoms with Crippen LogP contribution in [0, 0.1) is 5.92 Å². The van der Waals surface area contributed by atoms with Crippen LogP contribution < -0.4 is 15.8 Å². The van der Waals surface area contributed by atoms with Gasteiger partial charge in [-0.3, -0.25) is 4.79 Å². The lowest BCUT2D eigenvalue weighted by Gasteiger charge is -2.18. The Balaban J connectivity index is 2.65. The van der Waals surface area contributed by atoms with Gasteiger partial charge in [-0.05, 0) is 37.8 Å². The van der Waals surface area contributed by atoms with E-state index in [1.165, 1.54) is 0 Å². The van der Waals surface area contributed by atoms with Gasteiger partial charge in [0, 0.05) is 12.6 Å². The molecular formula is C16H26N2O2. The smallest absolute Gasteiger partial charge is 0.260 e. The molecule has 1 rings (SSSR count). The molecule has 20 heavy (non-hydrogen) atoms. The van der Waals surface area contributed by atoms with Gasteiger partial charge in [0.2, 0.25) is 0 Å². The van der Waals surface area contributed by atoms with E-state index >= 15 is 0 Å². The van der Waals surface area contributed by atoms with Crippen molar-refractivity contribution in [2.75, 3.05) is 6.54 Å². The lowest BCUT2D eigenvalue weighted by Crippen LogP contribution is -2.38. The van der Waals surface area contributed by atoms with Crippen molar-refractivity contribution in [2.45, 2.75) is 46.3 Å². The van der Waals surface area contributed by atoms with E-state index in [9.17, 15) is 4.79 Å². The first-order valence-electron chi connectivity index (χ1n) is 7.18. The highest BCUT2D eigenvalue weighted by Crippen LogP contribution is 2.20. The maximum absolute atomic E-state index is 11.9. The average molecular weight is 278 g/mol. The topological polar surface area (TPSA) is 64.3 Å². The molecule has 1 aromatic rings. The number of carbonyl (C=O) groups is 1. The fourth-order valence-corrected chi connectivity index (χ4v) is 1.83. The lowest BCUT2D eigenvalue weighted by molar-refractivity contribution is -0.127. The van der Waals surface area contributed by atoms with E-state index < -0.39 is 6.10 Å². The quantitative estimate of drug-likeness (QED) is 0.803. The van der Waals surface area contributed by atoms with Crippen LogP contribution in [0.3, 0.4) is 0 Å². The van der Waals surface area contributed by atoms with Crippen molar-refractivity contribution in [3.05, 3.63) is 29.8 Å². The standard InChI is InChI=1S/C16H26N2O2/c1-11(2)10-18-16(19)13(4)20-15-8-6-5-7-14(15)9-12(3)17/h5-8,11-13H,9-10,17H2,1-4H3,(H,18,19). The number of hydrogen-bond donors (Lipinski definition) is 2. The van der Waals surface area contributed by atoms with Gasteiger partial charge >= 0.3 is 0 Å². The highest BCUT2D eigenvalue weighted by atomic mass is 16.5. The summed E-state index contributed by atoms with van der Waals surface area (Å²) in [6.07, 6.45) is 0.222. The maximum atomic E-state index is 11.9. The Morgan fingerprint density at radius 1 is 1.25 bits per heavy atom. The molecule has 0 fully saturated rings. The molecule has 0 saturated heterocycles. The van der Waals surface area contributed by atoms with Gasteiger partial charge in [-0.25, -0.2) is 0 Å². The van der Waals surface area contributed by atoms with Gasteiger partial charge in [0.05, 0.1) is 0 Å². The third kappa shape index (κ3) is 5.61. The summed E-state index contributed by atoms with van der Waals surface area (Å²) in [6, 6.07) is 7.78. The highest BCUT2D eigenvalue weighted by Gasteiger charge is 2.16. The van der Waals surface area contributed by atoms with Crippen LogP contribution in [0.4, 0.5) is 0 Å². The minimum absolute atomic E-state index is 0.0600. The van der Waals surface area contributed by atoms with Gasteiger partial charge in [-0.2, -0.15) is 0 Å². The second-order valence-electron chi connectivity index (χ2n) is 5.69. The van der Waals surface area contributed by atoms with Crippen LogP contribution in [0.25, 0.3) is 0 Å². The lowest BCUT2D eigenvalue weighted by atomic mass is 10.1. The highest BCUT2D eigenvalue weighted by molar-refractivity contribution is 5.80. The maximum Gasteiger partial charge on any atom is 0.260 e. The molecule has 0 radical (unpaired) electrons. The largest absolute Gasteiger partial charge is 0.481 e. The van der Waals surface area contributed by atoms with Crippen molar-refractivity contribution in [1.29, 1.82) is 0 Å². The second kappa shape index (κ2) is 7.90. The average Bonchev–Trinajstić information content (AvgIpc) is 2.37. The number of benzene rings is 1. The Hall–Kier alpha value is -1.55. The van der Waals surface area contributed by atoms with Crippen molar-refractivity contribution in [3.8, 4) is 5.75 Å². The van der Waals surface area contributed by atoms with Crippen molar-refractivity contribution in [1.82, 2.24) is 5.32 Å². The minimum atomic E-state index is -0.511. The summed E-state index contributed by atoms with van der Waals surface area (Å²) in [6.45, 7) is 8.50. The van der Waals surface area contributed by atoms with E-state index in [0.29, 0.717) is 12.5 Å². The van der Waals surface area contributed by atoms with E-state index in [0.717, 1.165) is 17.7 Å². The molecule has 0 saturated carbocycles. The van der Waals surface area contributed by atoms with Gasteiger partial charge in [-0.1, -0.05) is 32.0 Å². The molecule has 0 bridgehead atoms. The third-order valence-corrected chi connectivity index (χ3v) is 2.87. The van der Waals surface area contributed by atoms with Crippen molar-refractivity contribution in [3.63, 3.8) is 0 Å². The van der Waals surface area contributed by atoms with Gasteiger partial charge < -0.3 is 15.8 Å². The molecule has 2 atom stereocenters. The van der Waals surface area contributed by atoms with Crippen molar-refractivity contribution < 1.29 is 9.53 Å². The summed E-state index contributed by atoms with van der Waals surface area (Å²) in [5, 5.41) is 2.87. The van der Waals surface area contributed by atoms with Crippen LogP contribution in [-0.4, -0.2) is 24.6 Å². The number of para-hydroxylation sites is 1. The molecule has 4 nitrogen and oxygen atoms in total. The molecule has 3 N–H and O–H groups in total. The SMILES string of the molecule is CC(C)CNC(=O)C(C)Oc1ccccc1CC(C)N. The van der Waals surface area contributed by atoms with Crippen LogP contribution in [0.15, 0.2) is 24.3 Å². The predicted octanol–water partition coefficient (Wildman–Crippen LogP) is 2.12. The first-order chi connectivity index (χ1) is 9.40. The van der Waals surface area contributed by atoms with Crippen LogP contribution in [0.1, 0.15) is 33.3 Å². The molecule has 0 aliphatic rings. The predicted molar refractivity (Wildman–Crippen MR) is 81.7 cm³/mol. The van der Waals surface area contributed by atoms with Gasteiger partial charge in [0.1, 0.15) is 5.75 Å². The molecular weight excluding hydrogens is 252 g/mol. The number of ether oxygens (including phenoxy) is 1.